The molecular formula is C23H26F6N3O4S+. The average molecular weight is 555 g/mol. The molecule has 0 N–H and O–H groups in total. The van der Waals surface area contributed by atoms with Gasteiger partial charge in [0.05, 0.1) is 28.3 Å². The van der Waals surface area contributed by atoms with E-state index >= 15 is 0 Å². The molecule has 0 aliphatic carbocycles. The molecule has 3 rings (SSSR count). The van der Waals surface area contributed by atoms with E-state index in [1.807, 2.05) is 0 Å². The van der Waals surface area contributed by atoms with Crippen LogP contribution in [0, 0.1) is 19.8 Å². The van der Waals surface area contributed by atoms with E-state index in [-0.39, 0.29) is 37.6 Å². The predicted octanol–water partition coefficient (Wildman–Crippen LogP) is 3.99. The number of sulfone groups is 1. The number of alkyl halides is 6. The second kappa shape index (κ2) is 9.76. The third-order valence-electron chi connectivity index (χ3n) is 6.53. The van der Waals surface area contributed by atoms with E-state index < -0.39 is 49.3 Å². The number of nitrogens with zero attached hydrogens (tertiary/aromatic N) is 3. The van der Waals surface area contributed by atoms with Crippen LogP contribution >= 0.6 is 0 Å². The first-order valence-electron chi connectivity index (χ1n) is 11.2. The Morgan fingerprint density at radius 3 is 2.19 bits per heavy atom. The van der Waals surface area contributed by atoms with Crippen molar-refractivity contribution in [3.63, 3.8) is 0 Å². The van der Waals surface area contributed by atoms with Crippen molar-refractivity contribution in [1.29, 1.82) is 0 Å². The van der Waals surface area contributed by atoms with Crippen LogP contribution in [0.1, 0.15) is 43.6 Å². The Hall–Kier alpha value is -2.90. The largest absolute Gasteiger partial charge is 0.495 e. The number of aromatic nitrogens is 2. The molecule has 1 aromatic heterocycles. The molecule has 0 spiro atoms. The van der Waals surface area contributed by atoms with E-state index in [1.54, 1.807) is 11.8 Å². The van der Waals surface area contributed by atoms with Gasteiger partial charge in [-0.25, -0.2) is 13.2 Å². The van der Waals surface area contributed by atoms with Crippen LogP contribution in [0.25, 0.3) is 0 Å². The van der Waals surface area contributed by atoms with Gasteiger partial charge in [0.25, 0.3) is 0 Å². The number of carbonyl (C=O) groups is 1. The molecular weight excluding hydrogens is 528 g/mol. The maximum absolute atomic E-state index is 13.4. The Morgan fingerprint density at radius 1 is 1.05 bits per heavy atom. The molecule has 2 aromatic rings. The summed E-state index contributed by atoms with van der Waals surface area (Å²) < 4.78 is 104. The Kier molecular flexibility index (Phi) is 7.57. The lowest BCUT2D eigenvalue weighted by Gasteiger charge is -2.38. The van der Waals surface area contributed by atoms with Gasteiger partial charge in [-0.15, -0.1) is 0 Å². The molecule has 1 aromatic carbocycles. The van der Waals surface area contributed by atoms with Gasteiger partial charge in [-0.05, 0) is 69.4 Å². The van der Waals surface area contributed by atoms with Crippen molar-refractivity contribution in [2.45, 2.75) is 62.5 Å². The zero-order valence-electron chi connectivity index (χ0n) is 20.4. The van der Waals surface area contributed by atoms with Crippen LogP contribution < -0.4 is 14.5 Å². The number of anilines is 1. The van der Waals surface area contributed by atoms with Crippen LogP contribution in [0.4, 0.5) is 32.3 Å². The topological polar surface area (TPSA) is 80.5 Å². The van der Waals surface area contributed by atoms with Crippen LogP contribution in [0.15, 0.2) is 35.2 Å². The van der Waals surface area contributed by atoms with E-state index in [0.29, 0.717) is 16.5 Å². The number of piperidine rings is 1. The van der Waals surface area contributed by atoms with Crippen molar-refractivity contribution in [3.05, 3.63) is 47.3 Å². The number of benzene rings is 1. The van der Waals surface area contributed by atoms with Gasteiger partial charge in [0.15, 0.2) is 9.84 Å². The lowest BCUT2D eigenvalue weighted by Crippen LogP contribution is -2.57. The summed E-state index contributed by atoms with van der Waals surface area (Å²) in [7, 11) is -4.19. The maximum atomic E-state index is 13.4. The Morgan fingerprint density at radius 2 is 1.65 bits per heavy atom. The number of aryl methyl sites for hydroxylation is 2. The molecule has 1 saturated heterocycles. The molecule has 1 aliphatic heterocycles. The summed E-state index contributed by atoms with van der Waals surface area (Å²) in [5.41, 5.74) is -0.422. The van der Waals surface area contributed by atoms with Gasteiger partial charge in [-0.2, -0.15) is 26.3 Å². The van der Waals surface area contributed by atoms with Crippen molar-refractivity contribution in [2.24, 2.45) is 5.92 Å². The summed E-state index contributed by atoms with van der Waals surface area (Å²) in [5, 5.41) is 0. The highest BCUT2D eigenvalue weighted by Crippen LogP contribution is 2.39. The van der Waals surface area contributed by atoms with Gasteiger partial charge in [-0.1, -0.05) is 11.1 Å². The molecule has 14 heteroatoms. The second-order valence-corrected chi connectivity index (χ2v) is 11.9. The maximum Gasteiger partial charge on any atom is 0.495 e. The van der Waals surface area contributed by atoms with Crippen LogP contribution in [-0.4, -0.2) is 43.4 Å². The summed E-state index contributed by atoms with van der Waals surface area (Å²) in [6.45, 7) is 6.27. The minimum atomic E-state index is -5.23. The van der Waals surface area contributed by atoms with Crippen molar-refractivity contribution in [1.82, 2.24) is 4.98 Å². The van der Waals surface area contributed by atoms with Crippen molar-refractivity contribution in [3.8, 4) is 0 Å². The van der Waals surface area contributed by atoms with E-state index in [2.05, 4.69) is 9.82 Å². The molecule has 37 heavy (non-hydrogen) atoms. The van der Waals surface area contributed by atoms with Gasteiger partial charge >= 0.3 is 24.3 Å². The highest BCUT2D eigenvalue weighted by Gasteiger charge is 2.47. The predicted molar refractivity (Wildman–Crippen MR) is 119 cm³/mol. The zero-order chi connectivity index (χ0) is 28.0. The summed E-state index contributed by atoms with van der Waals surface area (Å²) in [5.74, 6) is -2.96. The molecule has 2 heterocycles. The molecule has 7 nitrogen and oxygen atoms in total. The minimum absolute atomic E-state index is 0.0490. The summed E-state index contributed by atoms with van der Waals surface area (Å²) >= 11 is 0. The van der Waals surface area contributed by atoms with Gasteiger partial charge in [0.1, 0.15) is 11.4 Å². The van der Waals surface area contributed by atoms with Gasteiger partial charge in [0.2, 0.25) is 0 Å². The first kappa shape index (κ1) is 28.7. The molecule has 204 valence electrons. The molecule has 0 amide bonds. The zero-order valence-corrected chi connectivity index (χ0v) is 21.3. The molecule has 1 fully saturated rings. The fourth-order valence-electron chi connectivity index (χ4n) is 4.34. The van der Waals surface area contributed by atoms with E-state index in [0.717, 1.165) is 18.2 Å². The number of rotatable bonds is 5. The number of hydrogen-bond donors (Lipinski definition) is 0. The minimum Gasteiger partial charge on any atom is -0.268 e. The van der Waals surface area contributed by atoms with Crippen molar-refractivity contribution >= 4 is 21.8 Å². The standard InChI is InChI=1S/C23H26F6N3O4S/c1-14-12-15(2)32(36-19(33)23(27,28)29)20(30-14)31-10-8-16(9-11-31)21(3,4)37(34,35)18-7-5-6-17(13-18)22(24,25)26/h5-7,12-13,16H,8-11H2,1-4H3/q+1. The normalized spacial score (nSPS) is 16.1. The van der Waals surface area contributed by atoms with Crippen molar-refractivity contribution < 1.29 is 49.1 Å². The lowest BCUT2D eigenvalue weighted by atomic mass is 9.86. The third-order valence-corrected chi connectivity index (χ3v) is 9.12. The monoisotopic (exact) mass is 554 g/mol. The van der Waals surface area contributed by atoms with Crippen LogP contribution in [0.2, 0.25) is 0 Å². The molecule has 0 atom stereocenters. The third kappa shape index (κ3) is 5.83. The number of hydrogen-bond acceptors (Lipinski definition) is 6. The quantitative estimate of drug-likeness (QED) is 0.411. The lowest BCUT2D eigenvalue weighted by molar-refractivity contribution is -0.866. The second-order valence-electron chi connectivity index (χ2n) is 9.40. The molecule has 0 radical (unpaired) electrons. The highest BCUT2D eigenvalue weighted by atomic mass is 32.2. The highest BCUT2D eigenvalue weighted by molar-refractivity contribution is 7.92. The Labute approximate surface area is 209 Å². The van der Waals surface area contributed by atoms with E-state index in [4.69, 9.17) is 0 Å². The van der Waals surface area contributed by atoms with Crippen LogP contribution in [0.3, 0.4) is 0 Å². The van der Waals surface area contributed by atoms with Crippen molar-refractivity contribution in [2.75, 3.05) is 18.0 Å². The van der Waals surface area contributed by atoms with Gasteiger partial charge < -0.3 is 0 Å². The van der Waals surface area contributed by atoms with Gasteiger partial charge in [0, 0.05) is 6.07 Å². The number of halogens is 6. The summed E-state index contributed by atoms with van der Waals surface area (Å²) in [6, 6.07) is 5.01. The first-order chi connectivity index (χ1) is 16.9. The summed E-state index contributed by atoms with van der Waals surface area (Å²) in [4.78, 5) is 21.4. The fourth-order valence-corrected chi connectivity index (χ4v) is 6.16. The number of carbonyl (C=O) groups excluding carboxylic acids is 1. The Bertz CT molecular complexity index is 1280. The SMILES string of the molecule is Cc1cc(C)[n+](OC(=O)C(F)(F)F)c(N2CCC(C(C)(C)S(=O)(=O)c3cccc(C(F)(F)F)c3)CC2)n1. The smallest absolute Gasteiger partial charge is 0.268 e. The molecule has 1 aliphatic rings. The summed E-state index contributed by atoms with van der Waals surface area (Å²) in [6.07, 6.45) is -9.44. The average Bonchev–Trinajstić information content (AvgIpc) is 2.79. The fraction of sp³-hybridized carbons (Fsp3) is 0.522. The van der Waals surface area contributed by atoms with E-state index in [1.165, 1.54) is 26.8 Å². The molecule has 0 unspecified atom stereocenters. The van der Waals surface area contributed by atoms with Crippen LogP contribution in [-0.2, 0) is 20.8 Å². The van der Waals surface area contributed by atoms with Crippen LogP contribution in [0.5, 0.6) is 0 Å². The first-order valence-corrected chi connectivity index (χ1v) is 12.7. The van der Waals surface area contributed by atoms with E-state index in [9.17, 15) is 39.6 Å². The molecule has 0 bridgehead atoms. The van der Waals surface area contributed by atoms with Gasteiger partial charge in [-0.3, -0.25) is 9.74 Å². The molecule has 0 saturated carbocycles. The Balaban J connectivity index is 1.85.